The molecule has 1 aromatic rings. The molecule has 2 heterocycles. The summed E-state index contributed by atoms with van der Waals surface area (Å²) in [6, 6.07) is 9.36. The lowest BCUT2D eigenvalue weighted by atomic mass is 9.58. The van der Waals surface area contributed by atoms with Gasteiger partial charge < -0.3 is 10.1 Å². The molecule has 1 N–H and O–H groups in total. The molecule has 4 unspecified atom stereocenters. The highest BCUT2D eigenvalue weighted by molar-refractivity contribution is 5.80. The van der Waals surface area contributed by atoms with E-state index in [0.717, 1.165) is 19.3 Å². The first-order chi connectivity index (χ1) is 9.25. The maximum absolute atomic E-state index is 12.5. The van der Waals surface area contributed by atoms with E-state index in [1.165, 1.54) is 24.7 Å². The molecule has 100 valence electrons. The van der Waals surface area contributed by atoms with Crippen LogP contribution in [0.1, 0.15) is 24.0 Å². The molecule has 0 saturated carbocycles. The third-order valence-corrected chi connectivity index (χ3v) is 5.56. The second-order valence-electron chi connectivity index (χ2n) is 6.19. The summed E-state index contributed by atoms with van der Waals surface area (Å²) in [5.41, 5.74) is 2.44. The molecule has 0 radical (unpaired) electrons. The van der Waals surface area contributed by atoms with Gasteiger partial charge in [0.25, 0.3) is 0 Å². The SMILES string of the molecule is COC(=O)C12Cc3ccccc3CC1C1CCC2N1. The minimum atomic E-state index is -0.313. The molecule has 1 aromatic carbocycles. The fraction of sp³-hybridized carbons (Fsp3) is 0.562. The lowest BCUT2D eigenvalue weighted by Crippen LogP contribution is -2.52. The van der Waals surface area contributed by atoms with Gasteiger partial charge in [-0.25, -0.2) is 0 Å². The minimum absolute atomic E-state index is 0.00768. The lowest BCUT2D eigenvalue weighted by Gasteiger charge is -2.44. The van der Waals surface area contributed by atoms with Crippen LogP contribution in [0.4, 0.5) is 0 Å². The van der Waals surface area contributed by atoms with Gasteiger partial charge in [-0.05, 0) is 42.7 Å². The third kappa shape index (κ3) is 1.34. The fourth-order valence-electron chi connectivity index (χ4n) is 4.73. The Morgan fingerprint density at radius 3 is 2.89 bits per heavy atom. The number of esters is 1. The Kier molecular flexibility index (Phi) is 2.31. The van der Waals surface area contributed by atoms with Gasteiger partial charge >= 0.3 is 5.97 Å². The van der Waals surface area contributed by atoms with E-state index in [0.29, 0.717) is 18.0 Å². The highest BCUT2D eigenvalue weighted by Gasteiger charge is 2.64. The highest BCUT2D eigenvalue weighted by atomic mass is 16.5. The molecule has 3 nitrogen and oxygen atoms in total. The average Bonchev–Trinajstić information content (AvgIpc) is 3.05. The number of hydrogen-bond acceptors (Lipinski definition) is 3. The predicted octanol–water partition coefficient (Wildman–Crippen LogP) is 1.69. The van der Waals surface area contributed by atoms with Gasteiger partial charge in [0.15, 0.2) is 0 Å². The van der Waals surface area contributed by atoms with Gasteiger partial charge in [-0.1, -0.05) is 24.3 Å². The summed E-state index contributed by atoms with van der Waals surface area (Å²) in [7, 11) is 1.53. The Morgan fingerprint density at radius 1 is 1.32 bits per heavy atom. The average molecular weight is 257 g/mol. The van der Waals surface area contributed by atoms with Crippen molar-refractivity contribution in [3.63, 3.8) is 0 Å². The number of benzene rings is 1. The van der Waals surface area contributed by atoms with Gasteiger partial charge in [-0.15, -0.1) is 0 Å². The van der Waals surface area contributed by atoms with Crippen LogP contribution in [-0.4, -0.2) is 25.2 Å². The standard InChI is InChI=1S/C16H19NO2/c1-19-15(18)16-9-11-5-3-2-4-10(11)8-12(16)13-6-7-14(16)17-13/h2-5,12-14,17H,6-9H2,1H3. The van der Waals surface area contributed by atoms with Crippen molar-refractivity contribution in [2.24, 2.45) is 11.3 Å². The minimum Gasteiger partial charge on any atom is -0.469 e. The van der Waals surface area contributed by atoms with Gasteiger partial charge in [0, 0.05) is 12.1 Å². The fourth-order valence-corrected chi connectivity index (χ4v) is 4.73. The van der Waals surface area contributed by atoms with Crippen LogP contribution in [-0.2, 0) is 22.4 Å². The van der Waals surface area contributed by atoms with Gasteiger partial charge in [-0.3, -0.25) is 4.79 Å². The molecule has 3 aliphatic rings. The summed E-state index contributed by atoms with van der Waals surface area (Å²) < 4.78 is 5.18. The van der Waals surface area contributed by atoms with Crippen molar-refractivity contribution in [3.05, 3.63) is 35.4 Å². The maximum atomic E-state index is 12.5. The first kappa shape index (κ1) is 11.5. The zero-order chi connectivity index (χ0) is 13.0. The van der Waals surface area contributed by atoms with Crippen LogP contribution in [0.25, 0.3) is 0 Å². The molecular weight excluding hydrogens is 238 g/mol. The summed E-state index contributed by atoms with van der Waals surface area (Å²) in [5.74, 6) is 0.403. The molecule has 2 aliphatic heterocycles. The van der Waals surface area contributed by atoms with E-state index in [4.69, 9.17) is 4.74 Å². The molecule has 2 bridgehead atoms. The summed E-state index contributed by atoms with van der Waals surface area (Å²) in [6.45, 7) is 0. The van der Waals surface area contributed by atoms with Crippen molar-refractivity contribution >= 4 is 5.97 Å². The van der Waals surface area contributed by atoms with Crippen molar-refractivity contribution in [2.45, 2.75) is 37.8 Å². The van der Waals surface area contributed by atoms with Gasteiger partial charge in [0.05, 0.1) is 12.5 Å². The molecular formula is C16H19NO2. The third-order valence-electron chi connectivity index (χ3n) is 5.56. The number of methoxy groups -OCH3 is 1. The topological polar surface area (TPSA) is 38.3 Å². The Labute approximate surface area is 113 Å². The smallest absolute Gasteiger partial charge is 0.314 e. The van der Waals surface area contributed by atoms with E-state index in [1.807, 2.05) is 0 Å². The Bertz CT molecular complexity index is 541. The summed E-state index contributed by atoms with van der Waals surface area (Å²) >= 11 is 0. The van der Waals surface area contributed by atoms with Crippen LogP contribution < -0.4 is 5.32 Å². The Balaban J connectivity index is 1.84. The lowest BCUT2D eigenvalue weighted by molar-refractivity contribution is -0.158. The quantitative estimate of drug-likeness (QED) is 0.778. The molecule has 0 aromatic heterocycles. The molecule has 3 heteroatoms. The number of nitrogens with one attached hydrogen (secondary N) is 1. The normalized spacial score (nSPS) is 38.7. The second kappa shape index (κ2) is 3.83. The largest absolute Gasteiger partial charge is 0.469 e. The van der Waals surface area contributed by atoms with E-state index < -0.39 is 0 Å². The molecule has 0 spiro atoms. The Morgan fingerprint density at radius 2 is 2.11 bits per heavy atom. The maximum Gasteiger partial charge on any atom is 0.314 e. The zero-order valence-electron chi connectivity index (χ0n) is 11.2. The molecule has 4 atom stereocenters. The second-order valence-corrected chi connectivity index (χ2v) is 6.19. The summed E-state index contributed by atoms with van der Waals surface area (Å²) in [6.07, 6.45) is 4.17. The number of ether oxygens (including phenoxy) is 1. The van der Waals surface area contributed by atoms with E-state index in [2.05, 4.69) is 29.6 Å². The van der Waals surface area contributed by atoms with Crippen LogP contribution in [0.15, 0.2) is 24.3 Å². The molecule has 2 fully saturated rings. The first-order valence-electron chi connectivity index (χ1n) is 7.17. The van der Waals surface area contributed by atoms with Crippen molar-refractivity contribution in [1.29, 1.82) is 0 Å². The number of rotatable bonds is 1. The summed E-state index contributed by atoms with van der Waals surface area (Å²) in [5, 5.41) is 3.66. The van der Waals surface area contributed by atoms with E-state index >= 15 is 0 Å². The number of carbonyl (C=O) groups excluding carboxylic acids is 1. The number of carbonyl (C=O) groups is 1. The van der Waals surface area contributed by atoms with E-state index in [1.54, 1.807) is 0 Å². The van der Waals surface area contributed by atoms with E-state index in [-0.39, 0.29) is 11.4 Å². The van der Waals surface area contributed by atoms with Gasteiger partial charge in [0.1, 0.15) is 0 Å². The monoisotopic (exact) mass is 257 g/mol. The van der Waals surface area contributed by atoms with E-state index in [9.17, 15) is 4.79 Å². The number of fused-ring (bicyclic) bond motifs is 6. The van der Waals surface area contributed by atoms with Crippen LogP contribution >= 0.6 is 0 Å². The molecule has 4 rings (SSSR count). The number of hydrogen-bond donors (Lipinski definition) is 1. The van der Waals surface area contributed by atoms with Crippen LogP contribution in [0, 0.1) is 11.3 Å². The predicted molar refractivity (Wildman–Crippen MR) is 71.7 cm³/mol. The summed E-state index contributed by atoms with van der Waals surface area (Å²) in [4.78, 5) is 12.5. The van der Waals surface area contributed by atoms with Crippen molar-refractivity contribution in [1.82, 2.24) is 5.32 Å². The van der Waals surface area contributed by atoms with Gasteiger partial charge in [-0.2, -0.15) is 0 Å². The zero-order valence-corrected chi connectivity index (χ0v) is 11.2. The first-order valence-corrected chi connectivity index (χ1v) is 7.17. The molecule has 0 amide bonds. The molecule has 2 saturated heterocycles. The Hall–Kier alpha value is -1.35. The van der Waals surface area contributed by atoms with Gasteiger partial charge in [0.2, 0.25) is 0 Å². The molecule has 19 heavy (non-hydrogen) atoms. The van der Waals surface area contributed by atoms with Crippen LogP contribution in [0.2, 0.25) is 0 Å². The van der Waals surface area contributed by atoms with Crippen molar-refractivity contribution in [2.75, 3.05) is 7.11 Å². The van der Waals surface area contributed by atoms with Crippen molar-refractivity contribution in [3.8, 4) is 0 Å². The van der Waals surface area contributed by atoms with Crippen molar-refractivity contribution < 1.29 is 9.53 Å². The molecule has 1 aliphatic carbocycles. The van der Waals surface area contributed by atoms with Crippen LogP contribution in [0.3, 0.4) is 0 Å². The van der Waals surface area contributed by atoms with Crippen LogP contribution in [0.5, 0.6) is 0 Å². The highest BCUT2D eigenvalue weighted by Crippen LogP contribution is 2.54.